The Balaban J connectivity index is 1.95. The molecule has 6 nitrogen and oxygen atoms in total. The Labute approximate surface area is 149 Å². The maximum Gasteiger partial charge on any atom is 0.246 e. The lowest BCUT2D eigenvalue weighted by Crippen LogP contribution is -2.47. The molecule has 7 heteroatoms. The van der Waals surface area contributed by atoms with Crippen molar-refractivity contribution >= 4 is 15.9 Å². The molecule has 0 bridgehead atoms. The van der Waals surface area contributed by atoms with Crippen molar-refractivity contribution in [2.45, 2.75) is 50.0 Å². The van der Waals surface area contributed by atoms with E-state index < -0.39 is 10.0 Å². The number of methoxy groups -OCH3 is 1. The second-order valence-corrected chi connectivity index (χ2v) is 9.81. The van der Waals surface area contributed by atoms with Crippen molar-refractivity contribution in [3.63, 3.8) is 0 Å². The van der Waals surface area contributed by atoms with E-state index >= 15 is 0 Å². The fourth-order valence-corrected chi connectivity index (χ4v) is 5.29. The highest BCUT2D eigenvalue weighted by Gasteiger charge is 2.41. The number of ether oxygens (including phenoxy) is 1. The van der Waals surface area contributed by atoms with Crippen molar-refractivity contribution in [2.24, 2.45) is 5.92 Å². The van der Waals surface area contributed by atoms with Gasteiger partial charge < -0.3 is 10.1 Å². The van der Waals surface area contributed by atoms with Gasteiger partial charge >= 0.3 is 0 Å². The molecule has 3 rings (SSSR count). The van der Waals surface area contributed by atoms with Crippen LogP contribution in [0.25, 0.3) is 0 Å². The van der Waals surface area contributed by atoms with E-state index in [-0.39, 0.29) is 28.2 Å². The fourth-order valence-electron chi connectivity index (χ4n) is 3.60. The lowest BCUT2D eigenvalue weighted by molar-refractivity contribution is -0.119. The smallest absolute Gasteiger partial charge is 0.246 e. The zero-order chi connectivity index (χ0) is 18.4. The van der Waals surface area contributed by atoms with E-state index in [1.807, 2.05) is 26.8 Å². The first-order chi connectivity index (χ1) is 11.6. The number of carbonyl (C=O) groups excluding carboxylic acids is 1. The minimum absolute atomic E-state index is 0.0153. The number of amides is 1. The number of piperidine rings is 1. The van der Waals surface area contributed by atoms with Gasteiger partial charge in [-0.1, -0.05) is 26.8 Å². The van der Waals surface area contributed by atoms with Crippen LogP contribution >= 0.6 is 0 Å². The number of carbonyl (C=O) groups is 1. The molecule has 2 fully saturated rings. The van der Waals surface area contributed by atoms with Crippen molar-refractivity contribution < 1.29 is 17.9 Å². The summed E-state index contributed by atoms with van der Waals surface area (Å²) in [5.41, 5.74) is 0.783. The van der Waals surface area contributed by atoms with Crippen molar-refractivity contribution in [2.75, 3.05) is 20.2 Å². The van der Waals surface area contributed by atoms with Crippen LogP contribution in [0, 0.1) is 5.92 Å². The minimum atomic E-state index is -3.67. The lowest BCUT2D eigenvalue weighted by atomic mass is 9.87. The molecule has 0 unspecified atom stereocenters. The van der Waals surface area contributed by atoms with Gasteiger partial charge in [-0.15, -0.1) is 0 Å². The molecular weight excluding hydrogens is 340 g/mol. The number of sulfonamides is 1. The molecule has 1 aromatic carbocycles. The Morgan fingerprint density at radius 1 is 1.28 bits per heavy atom. The van der Waals surface area contributed by atoms with Gasteiger partial charge in [0.25, 0.3) is 0 Å². The van der Waals surface area contributed by atoms with Crippen LogP contribution in [0.3, 0.4) is 0 Å². The van der Waals surface area contributed by atoms with E-state index in [0.29, 0.717) is 31.7 Å². The standard InChI is InChI=1S/C18H26N2O4S/c1-18(2,3)13-5-6-15(24-4)16(10-13)25(22,23)20-8-7-14-12(11-20)9-17(21)19-14/h5-6,10,12,14H,7-9,11H2,1-4H3,(H,19,21)/t12-,14+/m1/s1. The molecule has 0 saturated carbocycles. The third kappa shape index (κ3) is 3.40. The monoisotopic (exact) mass is 366 g/mol. The van der Waals surface area contributed by atoms with Gasteiger partial charge in [-0.2, -0.15) is 4.31 Å². The van der Waals surface area contributed by atoms with Gasteiger partial charge in [0.2, 0.25) is 15.9 Å². The highest BCUT2D eigenvalue weighted by atomic mass is 32.2. The highest BCUT2D eigenvalue weighted by Crippen LogP contribution is 2.35. The fraction of sp³-hybridized carbons (Fsp3) is 0.611. The van der Waals surface area contributed by atoms with E-state index in [1.54, 1.807) is 12.1 Å². The van der Waals surface area contributed by atoms with Gasteiger partial charge in [-0.05, 0) is 29.5 Å². The van der Waals surface area contributed by atoms with Crippen molar-refractivity contribution in [3.8, 4) is 5.75 Å². The Morgan fingerprint density at radius 3 is 2.64 bits per heavy atom. The summed E-state index contributed by atoms with van der Waals surface area (Å²) in [5, 5.41) is 2.93. The van der Waals surface area contributed by atoms with Gasteiger partial charge in [-0.25, -0.2) is 8.42 Å². The Hall–Kier alpha value is -1.60. The normalized spacial score (nSPS) is 24.7. The summed E-state index contributed by atoms with van der Waals surface area (Å²) < 4.78 is 33.3. The first-order valence-corrected chi connectivity index (χ1v) is 10.0. The Morgan fingerprint density at radius 2 is 2.00 bits per heavy atom. The number of nitrogens with zero attached hydrogens (tertiary/aromatic N) is 1. The van der Waals surface area contributed by atoms with Gasteiger partial charge in [-0.3, -0.25) is 4.79 Å². The summed E-state index contributed by atoms with van der Waals surface area (Å²) in [4.78, 5) is 11.8. The van der Waals surface area contributed by atoms with E-state index in [1.165, 1.54) is 11.4 Å². The van der Waals surface area contributed by atoms with Gasteiger partial charge in [0, 0.05) is 31.5 Å². The first kappa shape index (κ1) is 18.2. The molecule has 138 valence electrons. The zero-order valence-corrected chi connectivity index (χ0v) is 16.0. The van der Waals surface area contributed by atoms with Crippen LogP contribution in [0.2, 0.25) is 0 Å². The SMILES string of the molecule is COc1ccc(C(C)(C)C)cc1S(=O)(=O)N1CC[C@@H]2NC(=O)C[C@@H]2C1. The molecule has 2 heterocycles. The quantitative estimate of drug-likeness (QED) is 0.886. The summed E-state index contributed by atoms with van der Waals surface area (Å²) in [6, 6.07) is 5.45. The predicted octanol–water partition coefficient (Wildman–Crippen LogP) is 1.89. The third-order valence-corrected chi connectivity index (χ3v) is 7.02. The number of fused-ring (bicyclic) bond motifs is 1. The van der Waals surface area contributed by atoms with Crippen LogP contribution in [0.1, 0.15) is 39.2 Å². The van der Waals surface area contributed by atoms with Crippen molar-refractivity contribution in [3.05, 3.63) is 23.8 Å². The molecule has 1 N–H and O–H groups in total. The van der Waals surface area contributed by atoms with Crippen LogP contribution in [-0.2, 0) is 20.2 Å². The molecule has 0 radical (unpaired) electrons. The zero-order valence-electron chi connectivity index (χ0n) is 15.2. The number of hydrogen-bond acceptors (Lipinski definition) is 4. The summed E-state index contributed by atoms with van der Waals surface area (Å²) >= 11 is 0. The molecule has 25 heavy (non-hydrogen) atoms. The number of rotatable bonds is 3. The maximum absolute atomic E-state index is 13.3. The summed E-state index contributed by atoms with van der Waals surface area (Å²) in [6.07, 6.45) is 1.05. The number of nitrogens with one attached hydrogen (secondary N) is 1. The number of hydrogen-bond donors (Lipinski definition) is 1. The van der Waals surface area contributed by atoms with Crippen LogP contribution in [0.15, 0.2) is 23.1 Å². The van der Waals surface area contributed by atoms with Gasteiger partial charge in [0.1, 0.15) is 10.6 Å². The Kier molecular flexibility index (Phi) is 4.58. The molecular formula is C18H26N2O4S. The van der Waals surface area contributed by atoms with Crippen molar-refractivity contribution in [1.82, 2.24) is 9.62 Å². The molecule has 0 aromatic heterocycles. The molecule has 2 atom stereocenters. The van der Waals surface area contributed by atoms with Crippen LogP contribution in [0.4, 0.5) is 0 Å². The van der Waals surface area contributed by atoms with E-state index in [0.717, 1.165) is 5.56 Å². The van der Waals surface area contributed by atoms with E-state index in [9.17, 15) is 13.2 Å². The Bertz CT molecular complexity index is 783. The van der Waals surface area contributed by atoms with Crippen LogP contribution in [0.5, 0.6) is 5.75 Å². The number of benzene rings is 1. The summed E-state index contributed by atoms with van der Waals surface area (Å²) in [7, 11) is -2.19. The summed E-state index contributed by atoms with van der Waals surface area (Å²) in [5.74, 6) is 0.421. The summed E-state index contributed by atoms with van der Waals surface area (Å²) in [6.45, 7) is 6.92. The molecule has 0 aliphatic carbocycles. The second-order valence-electron chi connectivity index (χ2n) is 7.91. The van der Waals surface area contributed by atoms with Crippen LogP contribution < -0.4 is 10.1 Å². The van der Waals surface area contributed by atoms with Gasteiger partial charge in [0.15, 0.2) is 0 Å². The molecule has 1 aromatic rings. The van der Waals surface area contributed by atoms with Gasteiger partial charge in [0.05, 0.1) is 7.11 Å². The molecule has 1 amide bonds. The average Bonchev–Trinajstić information content (AvgIpc) is 2.92. The molecule has 0 spiro atoms. The maximum atomic E-state index is 13.3. The predicted molar refractivity (Wildman–Crippen MR) is 95.1 cm³/mol. The first-order valence-electron chi connectivity index (χ1n) is 8.61. The largest absolute Gasteiger partial charge is 0.495 e. The minimum Gasteiger partial charge on any atom is -0.495 e. The lowest BCUT2D eigenvalue weighted by Gasteiger charge is -2.34. The average molecular weight is 366 g/mol. The molecule has 2 saturated heterocycles. The molecule has 2 aliphatic rings. The second kappa shape index (κ2) is 6.29. The van der Waals surface area contributed by atoms with E-state index in [2.05, 4.69) is 5.32 Å². The highest BCUT2D eigenvalue weighted by molar-refractivity contribution is 7.89. The topological polar surface area (TPSA) is 75.7 Å². The van der Waals surface area contributed by atoms with E-state index in [4.69, 9.17) is 4.74 Å². The molecule has 2 aliphatic heterocycles. The third-order valence-electron chi connectivity index (χ3n) is 5.14. The van der Waals surface area contributed by atoms with Crippen LogP contribution in [-0.4, -0.2) is 44.9 Å². The van der Waals surface area contributed by atoms with Crippen molar-refractivity contribution in [1.29, 1.82) is 0 Å².